The van der Waals surface area contributed by atoms with E-state index in [2.05, 4.69) is 25.2 Å². The first-order chi connectivity index (χ1) is 8.80. The largest absolute Gasteiger partial charge is 0.390 e. The van der Waals surface area contributed by atoms with Gasteiger partial charge in [0.1, 0.15) is 0 Å². The average Bonchev–Trinajstić information content (AvgIpc) is 2.30. The van der Waals surface area contributed by atoms with Gasteiger partial charge in [-0.2, -0.15) is 13.2 Å². The lowest BCUT2D eigenvalue weighted by Crippen LogP contribution is -2.39. The van der Waals surface area contributed by atoms with Gasteiger partial charge in [0.2, 0.25) is 0 Å². The molecule has 1 nitrogen and oxygen atoms in total. The number of alkyl halides is 3. The van der Waals surface area contributed by atoms with Crippen LogP contribution in [0.25, 0.3) is 0 Å². The number of hydrogen-bond acceptors (Lipinski definition) is 1. The molecule has 1 aromatic carbocycles. The van der Waals surface area contributed by atoms with Gasteiger partial charge in [-0.05, 0) is 29.4 Å². The van der Waals surface area contributed by atoms with Crippen molar-refractivity contribution in [1.82, 2.24) is 5.32 Å². The van der Waals surface area contributed by atoms with Crippen LogP contribution in [-0.4, -0.2) is 12.7 Å². The smallest absolute Gasteiger partial charge is 0.309 e. The fourth-order valence-corrected chi connectivity index (χ4v) is 2.81. The van der Waals surface area contributed by atoms with Crippen LogP contribution in [0.3, 0.4) is 0 Å². The van der Waals surface area contributed by atoms with E-state index in [1.807, 2.05) is 18.2 Å². The fraction of sp³-hybridized carbons (Fsp3) is 0.600. The van der Waals surface area contributed by atoms with Crippen molar-refractivity contribution in [3.05, 3.63) is 35.4 Å². The minimum absolute atomic E-state index is 0.000185. The van der Waals surface area contributed by atoms with Gasteiger partial charge in [0.25, 0.3) is 0 Å². The summed E-state index contributed by atoms with van der Waals surface area (Å²) in [6.07, 6.45) is -2.87. The molecule has 0 heterocycles. The standard InChI is InChI=1S/C15H20F3N/c1-14(2)8-7-11-5-3-4-6-12(11)13(14)19-10-9-15(16,17)18/h3-6,13,19H,7-10H2,1-2H3. The molecule has 1 N–H and O–H groups in total. The van der Waals surface area contributed by atoms with Crippen molar-refractivity contribution in [1.29, 1.82) is 0 Å². The highest BCUT2D eigenvalue weighted by Gasteiger charge is 2.36. The normalized spacial score (nSPS) is 22.1. The summed E-state index contributed by atoms with van der Waals surface area (Å²) in [5.74, 6) is 0. The lowest BCUT2D eigenvalue weighted by Gasteiger charge is -2.40. The maximum absolute atomic E-state index is 12.3. The zero-order valence-electron chi connectivity index (χ0n) is 11.3. The molecule has 0 saturated carbocycles. The highest BCUT2D eigenvalue weighted by molar-refractivity contribution is 5.34. The Morgan fingerprint density at radius 1 is 1.26 bits per heavy atom. The molecule has 0 fully saturated rings. The molecule has 1 atom stereocenters. The Bertz CT molecular complexity index is 437. The van der Waals surface area contributed by atoms with E-state index in [0.717, 1.165) is 18.4 Å². The van der Waals surface area contributed by atoms with E-state index in [1.54, 1.807) is 0 Å². The molecule has 2 rings (SSSR count). The molecule has 4 heteroatoms. The Morgan fingerprint density at radius 3 is 2.63 bits per heavy atom. The lowest BCUT2D eigenvalue weighted by molar-refractivity contribution is -0.134. The van der Waals surface area contributed by atoms with Crippen LogP contribution in [0, 0.1) is 5.41 Å². The Kier molecular flexibility index (Phi) is 3.90. The van der Waals surface area contributed by atoms with Gasteiger partial charge in [0.05, 0.1) is 6.42 Å². The monoisotopic (exact) mass is 271 g/mol. The highest BCUT2D eigenvalue weighted by Crippen LogP contribution is 2.43. The Labute approximate surface area is 112 Å². The molecule has 0 amide bonds. The van der Waals surface area contributed by atoms with E-state index in [1.165, 1.54) is 5.56 Å². The van der Waals surface area contributed by atoms with E-state index in [9.17, 15) is 13.2 Å². The topological polar surface area (TPSA) is 12.0 Å². The molecule has 1 aromatic rings. The van der Waals surface area contributed by atoms with E-state index >= 15 is 0 Å². The fourth-order valence-electron chi connectivity index (χ4n) is 2.81. The van der Waals surface area contributed by atoms with E-state index in [4.69, 9.17) is 0 Å². The second-order valence-corrected chi connectivity index (χ2v) is 5.94. The van der Waals surface area contributed by atoms with Gasteiger partial charge in [-0.15, -0.1) is 0 Å². The number of nitrogens with one attached hydrogen (secondary N) is 1. The van der Waals surface area contributed by atoms with E-state index < -0.39 is 12.6 Å². The first kappa shape index (κ1) is 14.4. The summed E-state index contributed by atoms with van der Waals surface area (Å²) >= 11 is 0. The summed E-state index contributed by atoms with van der Waals surface area (Å²) in [7, 11) is 0. The van der Waals surface area contributed by atoms with Gasteiger partial charge in [-0.25, -0.2) is 0 Å². The predicted molar refractivity (Wildman–Crippen MR) is 70.0 cm³/mol. The molecule has 0 aromatic heterocycles. The summed E-state index contributed by atoms with van der Waals surface area (Å²) in [5.41, 5.74) is 2.40. The van der Waals surface area contributed by atoms with Gasteiger partial charge >= 0.3 is 6.18 Å². The zero-order valence-corrected chi connectivity index (χ0v) is 11.3. The molecular formula is C15H20F3N. The van der Waals surface area contributed by atoms with Crippen molar-refractivity contribution in [3.63, 3.8) is 0 Å². The summed E-state index contributed by atoms with van der Waals surface area (Å²) in [6.45, 7) is 4.22. The number of rotatable bonds is 3. The molecule has 0 radical (unpaired) electrons. The van der Waals surface area contributed by atoms with Crippen LogP contribution in [0.5, 0.6) is 0 Å². The molecule has 19 heavy (non-hydrogen) atoms. The minimum atomic E-state index is -4.09. The molecule has 106 valence electrons. The Morgan fingerprint density at radius 2 is 1.95 bits per heavy atom. The van der Waals surface area contributed by atoms with Crippen molar-refractivity contribution in [2.75, 3.05) is 6.54 Å². The van der Waals surface area contributed by atoms with E-state index in [-0.39, 0.29) is 18.0 Å². The van der Waals surface area contributed by atoms with Crippen molar-refractivity contribution < 1.29 is 13.2 Å². The van der Waals surface area contributed by atoms with E-state index in [0.29, 0.717) is 0 Å². The number of aryl methyl sites for hydroxylation is 1. The van der Waals surface area contributed by atoms with Gasteiger partial charge in [-0.1, -0.05) is 38.1 Å². The van der Waals surface area contributed by atoms with Gasteiger partial charge in [-0.3, -0.25) is 0 Å². The molecule has 1 aliphatic rings. The van der Waals surface area contributed by atoms with Gasteiger partial charge in [0.15, 0.2) is 0 Å². The first-order valence-corrected chi connectivity index (χ1v) is 6.67. The van der Waals surface area contributed by atoms with Crippen LogP contribution in [-0.2, 0) is 6.42 Å². The molecule has 1 aliphatic carbocycles. The third-order valence-electron chi connectivity index (χ3n) is 3.94. The van der Waals surface area contributed by atoms with Crippen molar-refractivity contribution in [2.45, 2.75) is 45.3 Å². The first-order valence-electron chi connectivity index (χ1n) is 6.67. The SMILES string of the molecule is CC1(C)CCc2ccccc2C1NCCC(F)(F)F. The highest BCUT2D eigenvalue weighted by atomic mass is 19.4. The second kappa shape index (κ2) is 5.16. The Hall–Kier alpha value is -1.03. The number of hydrogen-bond donors (Lipinski definition) is 1. The van der Waals surface area contributed by atoms with Crippen LogP contribution >= 0.6 is 0 Å². The second-order valence-electron chi connectivity index (χ2n) is 5.94. The number of fused-ring (bicyclic) bond motifs is 1. The minimum Gasteiger partial charge on any atom is -0.309 e. The maximum Gasteiger partial charge on any atom is 0.390 e. The quantitative estimate of drug-likeness (QED) is 0.867. The van der Waals surface area contributed by atoms with Gasteiger partial charge in [0, 0.05) is 12.6 Å². The predicted octanol–water partition coefficient (Wildman–Crippen LogP) is 4.24. The van der Waals surface area contributed by atoms with Crippen LogP contribution < -0.4 is 5.32 Å². The van der Waals surface area contributed by atoms with Crippen molar-refractivity contribution in [2.24, 2.45) is 5.41 Å². The average molecular weight is 271 g/mol. The molecule has 1 unspecified atom stereocenters. The van der Waals surface area contributed by atoms with Crippen LogP contribution in [0.15, 0.2) is 24.3 Å². The summed E-state index contributed by atoms with van der Waals surface area (Å²) in [6, 6.07) is 8.05. The molecular weight excluding hydrogens is 251 g/mol. The molecule has 0 aliphatic heterocycles. The summed E-state index contributed by atoms with van der Waals surface area (Å²) < 4.78 is 36.8. The van der Waals surface area contributed by atoms with Crippen LogP contribution in [0.4, 0.5) is 13.2 Å². The number of halogens is 3. The van der Waals surface area contributed by atoms with Crippen molar-refractivity contribution >= 4 is 0 Å². The molecule has 0 bridgehead atoms. The third kappa shape index (κ3) is 3.50. The molecule has 0 spiro atoms. The molecule has 0 saturated heterocycles. The van der Waals surface area contributed by atoms with Crippen molar-refractivity contribution in [3.8, 4) is 0 Å². The summed E-state index contributed by atoms with van der Waals surface area (Å²) in [4.78, 5) is 0. The maximum atomic E-state index is 12.3. The third-order valence-corrected chi connectivity index (χ3v) is 3.94. The Balaban J connectivity index is 2.12. The zero-order chi connectivity index (χ0) is 14.1. The van der Waals surface area contributed by atoms with Crippen LogP contribution in [0.2, 0.25) is 0 Å². The van der Waals surface area contributed by atoms with Gasteiger partial charge < -0.3 is 5.32 Å². The summed E-state index contributed by atoms with van der Waals surface area (Å²) in [5, 5.41) is 3.10. The van der Waals surface area contributed by atoms with Crippen LogP contribution in [0.1, 0.15) is 43.9 Å². The number of benzene rings is 1. The lowest BCUT2D eigenvalue weighted by atomic mass is 9.70.